The summed E-state index contributed by atoms with van der Waals surface area (Å²) in [6.07, 6.45) is -3.73. The monoisotopic (exact) mass is 552 g/mol. The van der Waals surface area contributed by atoms with Crippen LogP contribution in [0.2, 0.25) is 10.0 Å². The number of ether oxygens (including phenoxy) is 1. The maximum atomic E-state index is 14.0. The Labute approximate surface area is 217 Å². The number of halogens is 6. The molecule has 1 aliphatic rings. The average molecular weight is 553 g/mol. The van der Waals surface area contributed by atoms with Crippen molar-refractivity contribution < 1.29 is 36.7 Å². The molecular formula is C25H14Cl2F4N2O4. The Hall–Kier alpha value is -3.89. The Bertz CT molecular complexity index is 1460. The van der Waals surface area contributed by atoms with Crippen LogP contribution in [-0.4, -0.2) is 17.8 Å². The zero-order valence-electron chi connectivity index (χ0n) is 18.4. The minimum atomic E-state index is -4.78. The van der Waals surface area contributed by atoms with Gasteiger partial charge in [-0.3, -0.25) is 14.9 Å². The third-order valence-electron chi connectivity index (χ3n) is 5.23. The molecule has 1 fully saturated rings. The SMILES string of the molecule is O=C1NC(=O)N(c2cc(C(F)(F)F)ccc2Cl)C(=O)/C1=C\c1cc(Cl)ccc1OCc1ccccc1F. The third kappa shape index (κ3) is 5.60. The van der Waals surface area contributed by atoms with Gasteiger partial charge in [-0.05, 0) is 48.5 Å². The molecule has 0 spiro atoms. The highest BCUT2D eigenvalue weighted by atomic mass is 35.5. The predicted octanol–water partition coefficient (Wildman–Crippen LogP) is 6.40. The van der Waals surface area contributed by atoms with Crippen molar-refractivity contribution in [2.24, 2.45) is 0 Å². The number of barbiturate groups is 1. The van der Waals surface area contributed by atoms with Crippen LogP contribution in [-0.2, 0) is 22.4 Å². The first-order valence-corrected chi connectivity index (χ1v) is 11.2. The van der Waals surface area contributed by atoms with Gasteiger partial charge >= 0.3 is 12.2 Å². The molecule has 1 heterocycles. The molecule has 0 saturated carbocycles. The standard InChI is InChI=1S/C25H14Cl2F4N2O4/c26-16-6-8-21(37-12-13-3-1-2-4-19(13)28)14(9-16)10-17-22(34)32-24(36)33(23(17)35)20-11-15(25(29,30)31)5-7-18(20)27/h1-11H,12H2,(H,32,34,36)/b17-10-. The summed E-state index contributed by atoms with van der Waals surface area (Å²) in [6, 6.07) is 10.9. The van der Waals surface area contributed by atoms with E-state index in [1.807, 2.05) is 5.32 Å². The molecule has 4 rings (SSSR count). The van der Waals surface area contributed by atoms with Crippen LogP contribution in [0.5, 0.6) is 5.75 Å². The van der Waals surface area contributed by atoms with E-state index in [-0.39, 0.29) is 33.5 Å². The summed E-state index contributed by atoms with van der Waals surface area (Å²) in [5, 5.41) is 1.77. The van der Waals surface area contributed by atoms with Gasteiger partial charge in [0.2, 0.25) is 0 Å². The quantitative estimate of drug-likeness (QED) is 0.226. The number of alkyl halides is 3. The Kier molecular flexibility index (Phi) is 7.24. The zero-order valence-corrected chi connectivity index (χ0v) is 19.9. The molecule has 1 N–H and O–H groups in total. The van der Waals surface area contributed by atoms with E-state index >= 15 is 0 Å². The van der Waals surface area contributed by atoms with Crippen LogP contribution in [0, 0.1) is 5.82 Å². The molecule has 4 amide bonds. The minimum absolute atomic E-state index is 0.112. The van der Waals surface area contributed by atoms with Gasteiger partial charge in [-0.1, -0.05) is 41.4 Å². The topological polar surface area (TPSA) is 75.7 Å². The molecule has 0 aliphatic carbocycles. The highest BCUT2D eigenvalue weighted by Gasteiger charge is 2.39. The van der Waals surface area contributed by atoms with Crippen LogP contribution in [0.1, 0.15) is 16.7 Å². The number of imide groups is 2. The lowest BCUT2D eigenvalue weighted by Gasteiger charge is -2.27. The average Bonchev–Trinajstić information content (AvgIpc) is 2.82. The second-order valence-electron chi connectivity index (χ2n) is 7.68. The highest BCUT2D eigenvalue weighted by molar-refractivity contribution is 6.42. The fraction of sp³-hybridized carbons (Fsp3) is 0.0800. The molecule has 0 atom stereocenters. The van der Waals surface area contributed by atoms with Gasteiger partial charge in [-0.25, -0.2) is 14.1 Å². The first-order valence-electron chi connectivity index (χ1n) is 10.4. The Morgan fingerprint density at radius 2 is 1.70 bits per heavy atom. The molecule has 12 heteroatoms. The maximum Gasteiger partial charge on any atom is 0.416 e. The van der Waals surface area contributed by atoms with Crippen molar-refractivity contribution in [3.8, 4) is 5.75 Å². The summed E-state index contributed by atoms with van der Waals surface area (Å²) in [5.41, 5.74) is -1.98. The van der Waals surface area contributed by atoms with E-state index in [1.165, 1.54) is 36.4 Å². The van der Waals surface area contributed by atoms with Gasteiger partial charge in [0, 0.05) is 16.1 Å². The lowest BCUT2D eigenvalue weighted by atomic mass is 10.1. The number of urea groups is 1. The fourth-order valence-electron chi connectivity index (χ4n) is 3.43. The summed E-state index contributed by atoms with van der Waals surface area (Å²) in [5.74, 6) is -2.73. The number of anilines is 1. The molecule has 0 bridgehead atoms. The van der Waals surface area contributed by atoms with Crippen molar-refractivity contribution in [1.82, 2.24) is 5.32 Å². The number of hydrogen-bond acceptors (Lipinski definition) is 4. The predicted molar refractivity (Wildman–Crippen MR) is 128 cm³/mol. The molecule has 6 nitrogen and oxygen atoms in total. The Morgan fingerprint density at radius 1 is 0.973 bits per heavy atom. The van der Waals surface area contributed by atoms with E-state index in [0.29, 0.717) is 17.0 Å². The van der Waals surface area contributed by atoms with Gasteiger partial charge in [-0.2, -0.15) is 13.2 Å². The van der Waals surface area contributed by atoms with Crippen molar-refractivity contribution in [3.05, 3.63) is 98.8 Å². The first kappa shape index (κ1) is 26.2. The molecule has 190 valence electrons. The molecule has 0 unspecified atom stereocenters. The summed E-state index contributed by atoms with van der Waals surface area (Å²) >= 11 is 12.1. The highest BCUT2D eigenvalue weighted by Crippen LogP contribution is 2.37. The van der Waals surface area contributed by atoms with Gasteiger partial charge in [0.1, 0.15) is 23.7 Å². The number of carbonyl (C=O) groups is 3. The smallest absolute Gasteiger partial charge is 0.416 e. The largest absolute Gasteiger partial charge is 0.488 e. The molecule has 1 aliphatic heterocycles. The van der Waals surface area contributed by atoms with Gasteiger partial charge in [-0.15, -0.1) is 0 Å². The lowest BCUT2D eigenvalue weighted by molar-refractivity contribution is -0.137. The number of nitrogens with zero attached hydrogens (tertiary/aromatic N) is 1. The number of carbonyl (C=O) groups excluding carboxylic acids is 3. The summed E-state index contributed by atoms with van der Waals surface area (Å²) in [4.78, 5) is 38.5. The van der Waals surface area contributed by atoms with Gasteiger partial charge in [0.05, 0.1) is 16.3 Å². The number of hydrogen-bond donors (Lipinski definition) is 1. The molecular weight excluding hydrogens is 539 g/mol. The van der Waals surface area contributed by atoms with Crippen LogP contribution in [0.3, 0.4) is 0 Å². The van der Waals surface area contributed by atoms with Crippen molar-refractivity contribution in [2.75, 3.05) is 4.90 Å². The molecule has 37 heavy (non-hydrogen) atoms. The summed E-state index contributed by atoms with van der Waals surface area (Å²) in [7, 11) is 0. The fourth-order valence-corrected chi connectivity index (χ4v) is 3.81. The van der Waals surface area contributed by atoms with Crippen LogP contribution >= 0.6 is 23.2 Å². The van der Waals surface area contributed by atoms with Crippen LogP contribution < -0.4 is 15.0 Å². The maximum absolute atomic E-state index is 14.0. The number of benzene rings is 3. The second-order valence-corrected chi connectivity index (χ2v) is 8.53. The number of amides is 4. The van der Waals surface area contributed by atoms with E-state index in [9.17, 15) is 31.9 Å². The molecule has 3 aromatic rings. The van der Waals surface area contributed by atoms with Crippen molar-refractivity contribution in [3.63, 3.8) is 0 Å². The van der Waals surface area contributed by atoms with Crippen molar-refractivity contribution in [1.29, 1.82) is 0 Å². The number of rotatable bonds is 5. The first-order chi connectivity index (χ1) is 17.5. The third-order valence-corrected chi connectivity index (χ3v) is 5.78. The zero-order chi connectivity index (χ0) is 26.9. The molecule has 0 radical (unpaired) electrons. The van der Waals surface area contributed by atoms with Gasteiger partial charge in [0.25, 0.3) is 11.8 Å². The summed E-state index contributed by atoms with van der Waals surface area (Å²) < 4.78 is 59.3. The molecule has 3 aromatic carbocycles. The van der Waals surface area contributed by atoms with E-state index in [4.69, 9.17) is 27.9 Å². The van der Waals surface area contributed by atoms with Crippen LogP contribution in [0.25, 0.3) is 6.08 Å². The van der Waals surface area contributed by atoms with Crippen molar-refractivity contribution in [2.45, 2.75) is 12.8 Å². The van der Waals surface area contributed by atoms with Crippen LogP contribution in [0.15, 0.2) is 66.2 Å². The second kappa shape index (κ2) is 10.2. The Balaban J connectivity index is 1.72. The Morgan fingerprint density at radius 3 is 2.41 bits per heavy atom. The lowest BCUT2D eigenvalue weighted by Crippen LogP contribution is -2.54. The van der Waals surface area contributed by atoms with Crippen LogP contribution in [0.4, 0.5) is 28.0 Å². The summed E-state index contributed by atoms with van der Waals surface area (Å²) in [6.45, 7) is -0.199. The number of nitrogens with one attached hydrogen (secondary N) is 1. The van der Waals surface area contributed by atoms with E-state index in [2.05, 4.69) is 0 Å². The van der Waals surface area contributed by atoms with E-state index in [1.54, 1.807) is 6.07 Å². The van der Waals surface area contributed by atoms with Gasteiger partial charge in [0.15, 0.2) is 0 Å². The molecule has 0 aromatic heterocycles. The van der Waals surface area contributed by atoms with Gasteiger partial charge < -0.3 is 4.74 Å². The van der Waals surface area contributed by atoms with Crippen molar-refractivity contribution >= 4 is 52.8 Å². The minimum Gasteiger partial charge on any atom is -0.488 e. The molecule has 1 saturated heterocycles. The van der Waals surface area contributed by atoms with E-state index in [0.717, 1.165) is 12.1 Å². The van der Waals surface area contributed by atoms with E-state index < -0.39 is 46.7 Å². The normalized spacial score (nSPS) is 15.2.